The number of likely N-dealkylation sites (N-methyl/N-ethyl adjacent to an activating group) is 1. The number of nitrogens with one attached hydrogen (secondary N) is 1. The molecule has 0 aliphatic heterocycles. The lowest BCUT2D eigenvalue weighted by molar-refractivity contribution is 0.218. The largest absolute Gasteiger partial charge is 0.308 e. The van der Waals surface area contributed by atoms with Crippen molar-refractivity contribution >= 4 is 15.9 Å². The van der Waals surface area contributed by atoms with Gasteiger partial charge in [-0.1, -0.05) is 48.8 Å². The van der Waals surface area contributed by atoms with E-state index in [-0.39, 0.29) is 0 Å². The Morgan fingerprint density at radius 2 is 1.95 bits per heavy atom. The van der Waals surface area contributed by atoms with Gasteiger partial charge in [0.1, 0.15) is 0 Å². The van der Waals surface area contributed by atoms with E-state index in [4.69, 9.17) is 0 Å². The molecule has 1 rings (SSSR count). The van der Waals surface area contributed by atoms with Crippen LogP contribution in [0.4, 0.5) is 0 Å². The standard InChI is InChI=1S/C16H27BrN2/c1-6-15(13-8-7-9-14(17)10-13)18-11-16(12(2)3)19(4)5/h7-10,12,15-16,18H,6,11H2,1-5H3. The minimum atomic E-state index is 0.429. The summed E-state index contributed by atoms with van der Waals surface area (Å²) in [4.78, 5) is 2.31. The molecule has 108 valence electrons. The third-order valence-electron chi connectivity index (χ3n) is 3.67. The van der Waals surface area contributed by atoms with Gasteiger partial charge in [0.2, 0.25) is 0 Å². The van der Waals surface area contributed by atoms with Gasteiger partial charge in [-0.25, -0.2) is 0 Å². The predicted molar refractivity (Wildman–Crippen MR) is 87.5 cm³/mol. The van der Waals surface area contributed by atoms with E-state index in [9.17, 15) is 0 Å². The van der Waals surface area contributed by atoms with Crippen molar-refractivity contribution in [1.29, 1.82) is 0 Å². The van der Waals surface area contributed by atoms with Crippen molar-refractivity contribution in [3.8, 4) is 0 Å². The van der Waals surface area contributed by atoms with Crippen molar-refractivity contribution in [1.82, 2.24) is 10.2 Å². The smallest absolute Gasteiger partial charge is 0.0318 e. The SMILES string of the molecule is CCC(NCC(C(C)C)N(C)C)c1cccc(Br)c1. The van der Waals surface area contributed by atoms with Crippen LogP contribution in [0, 0.1) is 5.92 Å². The second-order valence-corrected chi connectivity index (χ2v) is 6.61. The van der Waals surface area contributed by atoms with Gasteiger partial charge in [-0.15, -0.1) is 0 Å². The molecular formula is C16H27BrN2. The molecule has 2 nitrogen and oxygen atoms in total. The molecular weight excluding hydrogens is 300 g/mol. The van der Waals surface area contributed by atoms with Gasteiger partial charge in [-0.05, 0) is 44.1 Å². The zero-order valence-corrected chi connectivity index (χ0v) is 14.4. The molecule has 0 saturated carbocycles. The summed E-state index contributed by atoms with van der Waals surface area (Å²) >= 11 is 3.55. The van der Waals surface area contributed by atoms with Crippen molar-refractivity contribution in [3.05, 3.63) is 34.3 Å². The van der Waals surface area contributed by atoms with Crippen LogP contribution in [0.1, 0.15) is 38.8 Å². The van der Waals surface area contributed by atoms with Crippen molar-refractivity contribution in [2.24, 2.45) is 5.92 Å². The molecule has 0 radical (unpaired) electrons. The number of hydrogen-bond donors (Lipinski definition) is 1. The van der Waals surface area contributed by atoms with Gasteiger partial charge in [-0.2, -0.15) is 0 Å². The summed E-state index contributed by atoms with van der Waals surface area (Å²) in [5.41, 5.74) is 1.36. The fourth-order valence-electron chi connectivity index (χ4n) is 2.50. The van der Waals surface area contributed by atoms with E-state index in [1.54, 1.807) is 0 Å². The van der Waals surface area contributed by atoms with Crippen LogP contribution >= 0.6 is 15.9 Å². The van der Waals surface area contributed by atoms with Crippen molar-refractivity contribution < 1.29 is 0 Å². The topological polar surface area (TPSA) is 15.3 Å². The van der Waals surface area contributed by atoms with Gasteiger partial charge < -0.3 is 10.2 Å². The van der Waals surface area contributed by atoms with Crippen LogP contribution in [-0.4, -0.2) is 31.6 Å². The molecule has 2 unspecified atom stereocenters. The first-order valence-electron chi connectivity index (χ1n) is 7.11. The molecule has 2 atom stereocenters. The van der Waals surface area contributed by atoms with Gasteiger partial charge in [0.05, 0.1) is 0 Å². The summed E-state index contributed by atoms with van der Waals surface area (Å²) in [6.45, 7) is 7.83. The Bertz CT molecular complexity index is 369. The summed E-state index contributed by atoms with van der Waals surface area (Å²) in [6, 6.07) is 9.59. The monoisotopic (exact) mass is 326 g/mol. The van der Waals surface area contributed by atoms with E-state index >= 15 is 0 Å². The number of hydrogen-bond acceptors (Lipinski definition) is 2. The minimum Gasteiger partial charge on any atom is -0.308 e. The Kier molecular flexibility index (Phi) is 7.05. The van der Waals surface area contributed by atoms with E-state index in [1.807, 2.05) is 0 Å². The van der Waals surface area contributed by atoms with Crippen LogP contribution in [0.2, 0.25) is 0 Å². The zero-order valence-electron chi connectivity index (χ0n) is 12.8. The summed E-state index contributed by atoms with van der Waals surface area (Å²) in [6.07, 6.45) is 1.11. The summed E-state index contributed by atoms with van der Waals surface area (Å²) in [5.74, 6) is 0.655. The van der Waals surface area contributed by atoms with Crippen molar-refractivity contribution in [3.63, 3.8) is 0 Å². The summed E-state index contributed by atoms with van der Waals surface area (Å²) < 4.78 is 1.15. The van der Waals surface area contributed by atoms with Gasteiger partial charge >= 0.3 is 0 Å². The Labute approximate surface area is 126 Å². The molecule has 19 heavy (non-hydrogen) atoms. The van der Waals surface area contributed by atoms with Crippen LogP contribution < -0.4 is 5.32 Å². The third-order valence-corrected chi connectivity index (χ3v) is 4.16. The molecule has 1 N–H and O–H groups in total. The highest BCUT2D eigenvalue weighted by molar-refractivity contribution is 9.10. The molecule has 0 fully saturated rings. The van der Waals surface area contributed by atoms with Gasteiger partial charge in [-0.3, -0.25) is 0 Å². The first-order valence-corrected chi connectivity index (χ1v) is 7.90. The number of benzene rings is 1. The normalized spacial score (nSPS) is 14.9. The average Bonchev–Trinajstić information content (AvgIpc) is 2.33. The van der Waals surface area contributed by atoms with Gasteiger partial charge in [0.15, 0.2) is 0 Å². The van der Waals surface area contributed by atoms with E-state index in [0.29, 0.717) is 18.0 Å². The first-order chi connectivity index (χ1) is 8.95. The molecule has 0 spiro atoms. The molecule has 0 aliphatic carbocycles. The highest BCUT2D eigenvalue weighted by Gasteiger charge is 2.17. The lowest BCUT2D eigenvalue weighted by atomic mass is 10.0. The molecule has 1 aromatic carbocycles. The van der Waals surface area contributed by atoms with E-state index in [0.717, 1.165) is 17.4 Å². The highest BCUT2D eigenvalue weighted by Crippen LogP contribution is 2.21. The van der Waals surface area contributed by atoms with E-state index in [2.05, 4.69) is 85.3 Å². The fourth-order valence-corrected chi connectivity index (χ4v) is 2.92. The van der Waals surface area contributed by atoms with Gasteiger partial charge in [0, 0.05) is 23.1 Å². The lowest BCUT2D eigenvalue weighted by Gasteiger charge is -2.30. The Balaban J connectivity index is 2.67. The number of rotatable bonds is 7. The number of nitrogens with zero attached hydrogens (tertiary/aromatic N) is 1. The van der Waals surface area contributed by atoms with Crippen LogP contribution in [0.5, 0.6) is 0 Å². The van der Waals surface area contributed by atoms with Crippen molar-refractivity contribution in [2.75, 3.05) is 20.6 Å². The fraction of sp³-hybridized carbons (Fsp3) is 0.625. The third kappa shape index (κ3) is 5.25. The maximum atomic E-state index is 3.71. The molecule has 1 aromatic rings. The summed E-state index contributed by atoms with van der Waals surface area (Å²) in [5, 5.41) is 3.71. The van der Waals surface area contributed by atoms with E-state index < -0.39 is 0 Å². The zero-order chi connectivity index (χ0) is 14.4. The number of halogens is 1. The average molecular weight is 327 g/mol. The maximum Gasteiger partial charge on any atom is 0.0318 e. The van der Waals surface area contributed by atoms with Crippen LogP contribution in [0.25, 0.3) is 0 Å². The molecule has 0 heterocycles. The first kappa shape index (κ1) is 16.7. The molecule has 0 amide bonds. The molecule has 0 aliphatic rings. The van der Waals surface area contributed by atoms with Gasteiger partial charge in [0.25, 0.3) is 0 Å². The summed E-state index contributed by atoms with van der Waals surface area (Å²) in [7, 11) is 4.32. The maximum absolute atomic E-state index is 3.71. The Morgan fingerprint density at radius 3 is 2.42 bits per heavy atom. The van der Waals surface area contributed by atoms with E-state index in [1.165, 1.54) is 5.56 Å². The Morgan fingerprint density at radius 1 is 1.26 bits per heavy atom. The molecule has 3 heteroatoms. The predicted octanol–water partition coefficient (Wildman–Crippen LogP) is 4.08. The molecule has 0 aromatic heterocycles. The highest BCUT2D eigenvalue weighted by atomic mass is 79.9. The quantitative estimate of drug-likeness (QED) is 0.812. The van der Waals surface area contributed by atoms with Crippen LogP contribution in [0.15, 0.2) is 28.7 Å². The van der Waals surface area contributed by atoms with Crippen LogP contribution in [-0.2, 0) is 0 Å². The molecule has 0 bridgehead atoms. The minimum absolute atomic E-state index is 0.429. The van der Waals surface area contributed by atoms with Crippen molar-refractivity contribution in [2.45, 2.75) is 39.3 Å². The Hall–Kier alpha value is -0.380. The second kappa shape index (κ2) is 8.03. The van der Waals surface area contributed by atoms with Crippen LogP contribution in [0.3, 0.4) is 0 Å². The second-order valence-electron chi connectivity index (χ2n) is 5.70. The lowest BCUT2D eigenvalue weighted by Crippen LogP contribution is -2.42. The molecule has 0 saturated heterocycles.